The fourth-order valence-electron chi connectivity index (χ4n) is 3.38. The Kier molecular flexibility index (Phi) is 7.02. The van der Waals surface area contributed by atoms with E-state index in [9.17, 15) is 19.7 Å². The van der Waals surface area contributed by atoms with Gasteiger partial charge in [0.2, 0.25) is 11.9 Å². The van der Waals surface area contributed by atoms with Gasteiger partial charge in [-0.2, -0.15) is 0 Å². The molecule has 4 rings (SSSR count). The first kappa shape index (κ1) is 23.8. The standard InChI is InChI=1S/C24H19ClN2O8/c1-32-19-11-15(12-20-22(19)34-10-9-33-20)24(29)35-21(14-5-3-2-4-6-14)23(28)26-18-8-7-16(27(30)31)13-17(18)25/h2-8,11-13,21H,9-10H2,1H3,(H,26,28). The monoisotopic (exact) mass is 498 g/mol. The lowest BCUT2D eigenvalue weighted by atomic mass is 10.1. The maximum Gasteiger partial charge on any atom is 0.339 e. The summed E-state index contributed by atoms with van der Waals surface area (Å²) in [6, 6.07) is 14.9. The molecule has 0 aromatic heterocycles. The van der Waals surface area contributed by atoms with Crippen molar-refractivity contribution >= 4 is 34.9 Å². The number of rotatable bonds is 7. The molecule has 1 aliphatic heterocycles. The summed E-state index contributed by atoms with van der Waals surface area (Å²) in [5, 5.41) is 13.5. The summed E-state index contributed by atoms with van der Waals surface area (Å²) >= 11 is 6.10. The van der Waals surface area contributed by atoms with E-state index in [2.05, 4.69) is 5.32 Å². The molecule has 0 aliphatic carbocycles. The molecule has 11 heteroatoms. The van der Waals surface area contributed by atoms with E-state index in [0.717, 1.165) is 6.07 Å². The number of fused-ring (bicyclic) bond motifs is 1. The Balaban J connectivity index is 1.61. The fraction of sp³-hybridized carbons (Fsp3) is 0.167. The number of methoxy groups -OCH3 is 1. The van der Waals surface area contributed by atoms with Crippen molar-refractivity contribution in [2.75, 3.05) is 25.6 Å². The van der Waals surface area contributed by atoms with E-state index < -0.39 is 22.9 Å². The number of hydrogen-bond acceptors (Lipinski definition) is 8. The summed E-state index contributed by atoms with van der Waals surface area (Å²) in [4.78, 5) is 36.6. The molecule has 0 radical (unpaired) electrons. The number of esters is 1. The van der Waals surface area contributed by atoms with Gasteiger partial charge in [0, 0.05) is 17.7 Å². The van der Waals surface area contributed by atoms with Crippen LogP contribution < -0.4 is 19.5 Å². The van der Waals surface area contributed by atoms with Gasteiger partial charge < -0.3 is 24.3 Å². The third kappa shape index (κ3) is 5.28. The topological polar surface area (TPSA) is 126 Å². The van der Waals surface area contributed by atoms with Crippen LogP contribution in [0.25, 0.3) is 0 Å². The van der Waals surface area contributed by atoms with Crippen LogP contribution in [0.15, 0.2) is 60.7 Å². The number of amides is 1. The van der Waals surface area contributed by atoms with E-state index in [1.165, 1.54) is 31.4 Å². The highest BCUT2D eigenvalue weighted by molar-refractivity contribution is 6.34. The second-order valence-electron chi connectivity index (χ2n) is 7.31. The average molecular weight is 499 g/mol. The maximum absolute atomic E-state index is 13.2. The van der Waals surface area contributed by atoms with Crippen LogP contribution in [0.5, 0.6) is 17.2 Å². The summed E-state index contributed by atoms with van der Waals surface area (Å²) in [5.74, 6) is -0.530. The molecule has 1 unspecified atom stereocenters. The molecule has 1 aliphatic rings. The minimum Gasteiger partial charge on any atom is -0.493 e. The van der Waals surface area contributed by atoms with Crippen LogP contribution in [0.4, 0.5) is 11.4 Å². The number of anilines is 1. The summed E-state index contributed by atoms with van der Waals surface area (Å²) < 4.78 is 22.0. The first-order valence-corrected chi connectivity index (χ1v) is 10.7. The van der Waals surface area contributed by atoms with Gasteiger partial charge in [-0.1, -0.05) is 41.9 Å². The largest absolute Gasteiger partial charge is 0.493 e. The number of ether oxygens (including phenoxy) is 4. The van der Waals surface area contributed by atoms with E-state index in [1.807, 2.05) is 0 Å². The van der Waals surface area contributed by atoms with Crippen molar-refractivity contribution in [2.24, 2.45) is 0 Å². The molecule has 0 saturated heterocycles. The SMILES string of the molecule is COc1cc(C(=O)OC(C(=O)Nc2ccc([N+](=O)[O-])cc2Cl)c2ccccc2)cc2c1OCCO2. The quantitative estimate of drug-likeness (QED) is 0.285. The molecule has 180 valence electrons. The van der Waals surface area contributed by atoms with Gasteiger partial charge >= 0.3 is 5.97 Å². The number of halogens is 1. The van der Waals surface area contributed by atoms with Gasteiger partial charge in [-0.3, -0.25) is 14.9 Å². The number of carbonyl (C=O) groups excluding carboxylic acids is 2. The molecule has 1 heterocycles. The predicted molar refractivity (Wildman–Crippen MR) is 125 cm³/mol. The first-order chi connectivity index (χ1) is 16.9. The van der Waals surface area contributed by atoms with Crippen LogP contribution in [-0.2, 0) is 9.53 Å². The zero-order valence-electron chi connectivity index (χ0n) is 18.4. The van der Waals surface area contributed by atoms with Gasteiger partial charge in [-0.25, -0.2) is 4.79 Å². The third-order valence-corrected chi connectivity index (χ3v) is 5.36. The third-order valence-electron chi connectivity index (χ3n) is 5.05. The van der Waals surface area contributed by atoms with E-state index in [4.69, 9.17) is 30.5 Å². The van der Waals surface area contributed by atoms with Crippen molar-refractivity contribution in [3.63, 3.8) is 0 Å². The Bertz CT molecular complexity index is 1260. The number of nitrogens with one attached hydrogen (secondary N) is 1. The number of carbonyl (C=O) groups is 2. The van der Waals surface area contributed by atoms with Crippen LogP contribution >= 0.6 is 11.6 Å². The van der Waals surface area contributed by atoms with Gasteiger partial charge in [0.1, 0.15) is 13.2 Å². The molecular weight excluding hydrogens is 480 g/mol. The Morgan fingerprint density at radius 3 is 2.51 bits per heavy atom. The molecule has 35 heavy (non-hydrogen) atoms. The van der Waals surface area contributed by atoms with Crippen molar-refractivity contribution in [3.8, 4) is 17.2 Å². The van der Waals surface area contributed by atoms with Crippen molar-refractivity contribution in [3.05, 3.63) is 86.9 Å². The lowest BCUT2D eigenvalue weighted by Crippen LogP contribution is -2.26. The number of benzene rings is 3. The molecule has 0 bridgehead atoms. The molecule has 0 saturated carbocycles. The Hall–Kier alpha value is -4.31. The van der Waals surface area contributed by atoms with E-state index in [0.29, 0.717) is 30.3 Å². The van der Waals surface area contributed by atoms with Crippen molar-refractivity contribution in [1.29, 1.82) is 0 Å². The maximum atomic E-state index is 13.2. The molecule has 3 aromatic rings. The lowest BCUT2D eigenvalue weighted by molar-refractivity contribution is -0.384. The molecule has 1 atom stereocenters. The van der Waals surface area contributed by atoms with E-state index >= 15 is 0 Å². The average Bonchev–Trinajstić information content (AvgIpc) is 2.87. The Labute approximate surface area is 204 Å². The zero-order chi connectivity index (χ0) is 24.9. The number of hydrogen-bond donors (Lipinski definition) is 1. The van der Waals surface area contributed by atoms with Crippen molar-refractivity contribution in [2.45, 2.75) is 6.10 Å². The van der Waals surface area contributed by atoms with Gasteiger partial charge in [0.25, 0.3) is 11.6 Å². The molecule has 3 aromatic carbocycles. The fourth-order valence-corrected chi connectivity index (χ4v) is 3.61. The normalized spacial score (nSPS) is 12.9. The van der Waals surface area contributed by atoms with Crippen LogP contribution in [-0.4, -0.2) is 37.1 Å². The number of nitro benzene ring substituents is 1. The number of nitrogens with zero attached hydrogens (tertiary/aromatic N) is 1. The summed E-state index contributed by atoms with van der Waals surface area (Å²) in [6.07, 6.45) is -1.35. The van der Waals surface area contributed by atoms with Gasteiger partial charge in [-0.05, 0) is 18.2 Å². The highest BCUT2D eigenvalue weighted by atomic mass is 35.5. The van der Waals surface area contributed by atoms with E-state index in [1.54, 1.807) is 30.3 Å². The molecule has 1 amide bonds. The minimum atomic E-state index is -1.35. The van der Waals surface area contributed by atoms with Crippen molar-refractivity contribution < 1.29 is 33.5 Å². The molecular formula is C24H19ClN2O8. The van der Waals surface area contributed by atoms with Crippen LogP contribution in [0.1, 0.15) is 22.0 Å². The number of nitro groups is 1. The van der Waals surface area contributed by atoms with Crippen molar-refractivity contribution in [1.82, 2.24) is 0 Å². The zero-order valence-corrected chi connectivity index (χ0v) is 19.1. The lowest BCUT2D eigenvalue weighted by Gasteiger charge is -2.22. The first-order valence-electron chi connectivity index (χ1n) is 10.4. The molecule has 0 spiro atoms. The van der Waals surface area contributed by atoms with E-state index in [-0.39, 0.29) is 27.7 Å². The highest BCUT2D eigenvalue weighted by Gasteiger charge is 2.28. The van der Waals surface area contributed by atoms with Crippen LogP contribution in [0.2, 0.25) is 5.02 Å². The van der Waals surface area contributed by atoms with Gasteiger partial charge in [-0.15, -0.1) is 0 Å². The minimum absolute atomic E-state index is 0.0396. The second kappa shape index (κ2) is 10.3. The summed E-state index contributed by atoms with van der Waals surface area (Å²) in [7, 11) is 1.43. The predicted octanol–water partition coefficient (Wildman–Crippen LogP) is 4.56. The van der Waals surface area contributed by atoms with Crippen LogP contribution in [0.3, 0.4) is 0 Å². The second-order valence-corrected chi connectivity index (χ2v) is 7.72. The molecule has 1 N–H and O–H groups in total. The molecule has 0 fully saturated rings. The number of non-ortho nitro benzene ring substituents is 1. The smallest absolute Gasteiger partial charge is 0.339 e. The van der Waals surface area contributed by atoms with Crippen LogP contribution in [0, 0.1) is 10.1 Å². The highest BCUT2D eigenvalue weighted by Crippen LogP contribution is 2.41. The van der Waals surface area contributed by atoms with Gasteiger partial charge in [0.15, 0.2) is 11.5 Å². The van der Waals surface area contributed by atoms with Gasteiger partial charge in [0.05, 0.1) is 28.3 Å². The molecule has 10 nitrogen and oxygen atoms in total. The Morgan fingerprint density at radius 2 is 1.83 bits per heavy atom. The summed E-state index contributed by atoms with van der Waals surface area (Å²) in [5.41, 5.74) is 0.390. The summed E-state index contributed by atoms with van der Waals surface area (Å²) in [6.45, 7) is 0.647. The Morgan fingerprint density at radius 1 is 1.09 bits per heavy atom.